The second-order valence-electron chi connectivity index (χ2n) is 4.46. The molecular formula is C8H18N2. The quantitative estimate of drug-likeness (QED) is 0.549. The Morgan fingerprint density at radius 1 is 1.50 bits per heavy atom. The fraction of sp³-hybridized carbons (Fsp3) is 1.00. The highest BCUT2D eigenvalue weighted by Crippen LogP contribution is 2.37. The van der Waals surface area contributed by atoms with E-state index in [1.807, 2.05) is 0 Å². The summed E-state index contributed by atoms with van der Waals surface area (Å²) in [6, 6.07) is 0. The molecule has 2 heteroatoms. The fourth-order valence-corrected chi connectivity index (χ4v) is 1.53. The van der Waals surface area contributed by atoms with Crippen LogP contribution in [0.2, 0.25) is 0 Å². The molecule has 0 aromatic rings. The number of hydrogen-bond acceptors (Lipinski definition) is 2. The zero-order chi connectivity index (χ0) is 7.99. The lowest BCUT2D eigenvalue weighted by atomic mass is 10.1. The van der Waals surface area contributed by atoms with Crippen LogP contribution in [0.1, 0.15) is 27.7 Å². The zero-order valence-corrected chi connectivity index (χ0v) is 7.44. The van der Waals surface area contributed by atoms with Crippen LogP contribution in [0, 0.1) is 0 Å². The molecule has 2 unspecified atom stereocenters. The Hall–Kier alpha value is -0.0800. The van der Waals surface area contributed by atoms with Crippen LogP contribution >= 0.6 is 0 Å². The lowest BCUT2D eigenvalue weighted by molar-refractivity contribution is 0.253. The highest BCUT2D eigenvalue weighted by Gasteiger charge is 2.51. The van der Waals surface area contributed by atoms with Crippen molar-refractivity contribution in [2.24, 2.45) is 5.73 Å². The highest BCUT2D eigenvalue weighted by molar-refractivity contribution is 5.09. The molecule has 0 spiro atoms. The third-order valence-corrected chi connectivity index (χ3v) is 2.30. The molecule has 0 bridgehead atoms. The molecule has 2 atom stereocenters. The van der Waals surface area contributed by atoms with Gasteiger partial charge in [-0.1, -0.05) is 0 Å². The van der Waals surface area contributed by atoms with Gasteiger partial charge in [0.05, 0.1) is 0 Å². The van der Waals surface area contributed by atoms with Gasteiger partial charge >= 0.3 is 0 Å². The number of rotatable bonds is 1. The van der Waals surface area contributed by atoms with Crippen molar-refractivity contribution >= 4 is 0 Å². The standard InChI is InChI=1S/C8H18N2/c1-7(2,3)10-6-8(10,4)5-9/h5-6,9H2,1-4H3. The third-order valence-electron chi connectivity index (χ3n) is 2.30. The van der Waals surface area contributed by atoms with E-state index in [0.717, 1.165) is 13.1 Å². The fourth-order valence-electron chi connectivity index (χ4n) is 1.53. The van der Waals surface area contributed by atoms with E-state index >= 15 is 0 Å². The summed E-state index contributed by atoms with van der Waals surface area (Å²) in [5.74, 6) is 0. The van der Waals surface area contributed by atoms with Gasteiger partial charge in [0.25, 0.3) is 0 Å². The van der Waals surface area contributed by atoms with Crippen LogP contribution < -0.4 is 5.73 Å². The van der Waals surface area contributed by atoms with Crippen molar-refractivity contribution in [1.29, 1.82) is 0 Å². The monoisotopic (exact) mass is 142 g/mol. The van der Waals surface area contributed by atoms with Crippen LogP contribution in [0.5, 0.6) is 0 Å². The number of nitrogens with zero attached hydrogens (tertiary/aromatic N) is 1. The van der Waals surface area contributed by atoms with E-state index in [1.165, 1.54) is 0 Å². The zero-order valence-electron chi connectivity index (χ0n) is 7.44. The molecule has 1 heterocycles. The maximum absolute atomic E-state index is 5.61. The molecule has 0 radical (unpaired) electrons. The van der Waals surface area contributed by atoms with Crippen molar-refractivity contribution in [3.05, 3.63) is 0 Å². The van der Waals surface area contributed by atoms with E-state index in [1.54, 1.807) is 0 Å². The minimum atomic E-state index is 0.300. The number of nitrogens with two attached hydrogens (primary N) is 1. The molecule has 1 aliphatic heterocycles. The first-order valence-electron chi connectivity index (χ1n) is 3.88. The topological polar surface area (TPSA) is 29.0 Å². The Morgan fingerprint density at radius 3 is 2.10 bits per heavy atom. The van der Waals surface area contributed by atoms with Crippen LogP contribution in [0.15, 0.2) is 0 Å². The van der Waals surface area contributed by atoms with Crippen LogP contribution in [-0.2, 0) is 0 Å². The van der Waals surface area contributed by atoms with Crippen molar-refractivity contribution < 1.29 is 0 Å². The van der Waals surface area contributed by atoms with E-state index in [4.69, 9.17) is 5.73 Å². The summed E-state index contributed by atoms with van der Waals surface area (Å²) in [6.07, 6.45) is 0. The highest BCUT2D eigenvalue weighted by atomic mass is 15.4. The first-order valence-corrected chi connectivity index (χ1v) is 3.88. The summed E-state index contributed by atoms with van der Waals surface area (Å²) in [7, 11) is 0. The van der Waals surface area contributed by atoms with Crippen LogP contribution in [-0.4, -0.2) is 29.1 Å². The van der Waals surface area contributed by atoms with E-state index < -0.39 is 0 Å². The lowest BCUT2D eigenvalue weighted by Crippen LogP contribution is -2.35. The minimum absolute atomic E-state index is 0.300. The van der Waals surface area contributed by atoms with E-state index in [9.17, 15) is 0 Å². The average Bonchev–Trinajstić information content (AvgIpc) is 2.43. The Balaban J connectivity index is 2.52. The average molecular weight is 142 g/mol. The molecular weight excluding hydrogens is 124 g/mol. The third kappa shape index (κ3) is 1.18. The molecule has 1 saturated heterocycles. The summed E-state index contributed by atoms with van der Waals surface area (Å²) in [5.41, 5.74) is 6.22. The molecule has 2 N–H and O–H groups in total. The first-order chi connectivity index (χ1) is 4.40. The molecule has 2 nitrogen and oxygen atoms in total. The van der Waals surface area contributed by atoms with Crippen molar-refractivity contribution in [3.8, 4) is 0 Å². The van der Waals surface area contributed by atoms with Gasteiger partial charge in [-0.15, -0.1) is 0 Å². The molecule has 10 heavy (non-hydrogen) atoms. The van der Waals surface area contributed by atoms with Gasteiger partial charge in [0.15, 0.2) is 0 Å². The van der Waals surface area contributed by atoms with Crippen molar-refractivity contribution in [2.75, 3.05) is 13.1 Å². The van der Waals surface area contributed by atoms with Gasteiger partial charge in [-0.3, -0.25) is 4.90 Å². The molecule has 0 aromatic carbocycles. The molecule has 1 rings (SSSR count). The van der Waals surface area contributed by atoms with Gasteiger partial charge in [-0.2, -0.15) is 0 Å². The Morgan fingerprint density at radius 2 is 2.00 bits per heavy atom. The van der Waals surface area contributed by atoms with Gasteiger partial charge in [0, 0.05) is 24.2 Å². The second-order valence-corrected chi connectivity index (χ2v) is 4.46. The smallest absolute Gasteiger partial charge is 0.0436 e. The SMILES string of the molecule is CC(C)(C)N1CC1(C)CN. The van der Waals surface area contributed by atoms with Gasteiger partial charge in [-0.05, 0) is 27.7 Å². The maximum Gasteiger partial charge on any atom is 0.0436 e. The van der Waals surface area contributed by atoms with E-state index in [0.29, 0.717) is 11.1 Å². The van der Waals surface area contributed by atoms with Crippen molar-refractivity contribution in [2.45, 2.75) is 38.8 Å². The van der Waals surface area contributed by atoms with Crippen LogP contribution in [0.25, 0.3) is 0 Å². The summed E-state index contributed by atoms with van der Waals surface area (Å²) < 4.78 is 0. The van der Waals surface area contributed by atoms with Crippen LogP contribution in [0.4, 0.5) is 0 Å². The largest absolute Gasteiger partial charge is 0.329 e. The first kappa shape index (κ1) is 8.02. The second kappa shape index (κ2) is 1.95. The Labute approximate surface area is 63.4 Å². The summed E-state index contributed by atoms with van der Waals surface area (Å²) in [4.78, 5) is 2.43. The predicted molar refractivity (Wildman–Crippen MR) is 43.9 cm³/mol. The molecule has 0 aliphatic carbocycles. The van der Waals surface area contributed by atoms with Crippen molar-refractivity contribution in [3.63, 3.8) is 0 Å². The summed E-state index contributed by atoms with van der Waals surface area (Å²) in [6.45, 7) is 10.9. The van der Waals surface area contributed by atoms with Crippen LogP contribution in [0.3, 0.4) is 0 Å². The van der Waals surface area contributed by atoms with Gasteiger partial charge in [0.2, 0.25) is 0 Å². The van der Waals surface area contributed by atoms with Gasteiger partial charge in [-0.25, -0.2) is 0 Å². The normalized spacial score (nSPS) is 39.9. The molecule has 0 aromatic heterocycles. The number of hydrogen-bond donors (Lipinski definition) is 1. The van der Waals surface area contributed by atoms with Gasteiger partial charge in [0.1, 0.15) is 0 Å². The maximum atomic E-state index is 5.61. The molecule has 0 saturated carbocycles. The lowest BCUT2D eigenvalue weighted by Gasteiger charge is -2.24. The molecule has 60 valence electrons. The predicted octanol–water partition coefficient (Wildman–Crippen LogP) is 0.818. The molecule has 1 aliphatic rings. The van der Waals surface area contributed by atoms with E-state index in [-0.39, 0.29) is 0 Å². The summed E-state index contributed by atoms with van der Waals surface area (Å²) >= 11 is 0. The molecule has 0 amide bonds. The Bertz CT molecular complexity index is 137. The van der Waals surface area contributed by atoms with Gasteiger partial charge < -0.3 is 5.73 Å². The van der Waals surface area contributed by atoms with E-state index in [2.05, 4.69) is 32.6 Å². The minimum Gasteiger partial charge on any atom is -0.329 e. The molecule has 1 fully saturated rings. The Kier molecular flexibility index (Phi) is 1.57. The summed E-state index contributed by atoms with van der Waals surface area (Å²) in [5, 5.41) is 0. The van der Waals surface area contributed by atoms with Crippen molar-refractivity contribution in [1.82, 2.24) is 4.90 Å².